The minimum Gasteiger partial charge on any atom is -0.481 e. The molecule has 0 radical (unpaired) electrons. The van der Waals surface area contributed by atoms with Crippen LogP contribution >= 0.6 is 15.9 Å². The minimum atomic E-state index is -0.966. The first-order valence-electron chi connectivity index (χ1n) is 6.04. The molecule has 20 heavy (non-hydrogen) atoms. The van der Waals surface area contributed by atoms with Gasteiger partial charge in [0, 0.05) is 15.7 Å². The quantitative estimate of drug-likeness (QED) is 0.896. The maximum atomic E-state index is 10.7. The standard InChI is InChI=1S/C14H14BrN3O2/c1-8-5-12(9-3-2-4-10(15)6-9)18-14(17-8)11(16)7-13(19)20/h2-6,11H,7,16H2,1H3,(H,19,20). The van der Waals surface area contributed by atoms with Crippen molar-refractivity contribution in [3.63, 3.8) is 0 Å². The highest BCUT2D eigenvalue weighted by atomic mass is 79.9. The first kappa shape index (κ1) is 14.6. The van der Waals surface area contributed by atoms with Gasteiger partial charge in [-0.3, -0.25) is 4.79 Å². The Morgan fingerprint density at radius 1 is 1.40 bits per heavy atom. The lowest BCUT2D eigenvalue weighted by molar-refractivity contribution is -0.137. The van der Waals surface area contributed by atoms with Crippen LogP contribution in [-0.2, 0) is 4.79 Å². The van der Waals surface area contributed by atoms with Gasteiger partial charge in [0.2, 0.25) is 0 Å². The monoisotopic (exact) mass is 335 g/mol. The largest absolute Gasteiger partial charge is 0.481 e. The van der Waals surface area contributed by atoms with Crippen molar-refractivity contribution >= 4 is 21.9 Å². The number of halogens is 1. The predicted molar refractivity (Wildman–Crippen MR) is 79.1 cm³/mol. The molecule has 0 aliphatic heterocycles. The summed E-state index contributed by atoms with van der Waals surface area (Å²) in [5, 5.41) is 8.80. The Morgan fingerprint density at radius 2 is 2.15 bits per heavy atom. The molecule has 0 aliphatic rings. The Labute approximate surface area is 125 Å². The third-order valence-electron chi connectivity index (χ3n) is 2.72. The number of carboxylic acids is 1. The summed E-state index contributed by atoms with van der Waals surface area (Å²) in [5.74, 6) is -0.617. The average molecular weight is 336 g/mol. The Morgan fingerprint density at radius 3 is 2.80 bits per heavy atom. The number of aliphatic carboxylic acids is 1. The summed E-state index contributed by atoms with van der Waals surface area (Å²) in [5.41, 5.74) is 8.24. The van der Waals surface area contributed by atoms with Crippen molar-refractivity contribution in [1.82, 2.24) is 9.97 Å². The van der Waals surface area contributed by atoms with Gasteiger partial charge in [-0.25, -0.2) is 9.97 Å². The second kappa shape index (κ2) is 6.11. The van der Waals surface area contributed by atoms with Crippen LogP contribution in [0.3, 0.4) is 0 Å². The summed E-state index contributed by atoms with van der Waals surface area (Å²) >= 11 is 3.41. The van der Waals surface area contributed by atoms with Gasteiger partial charge in [-0.2, -0.15) is 0 Å². The van der Waals surface area contributed by atoms with Crippen LogP contribution < -0.4 is 5.73 Å². The fourth-order valence-electron chi connectivity index (χ4n) is 1.83. The van der Waals surface area contributed by atoms with E-state index in [1.807, 2.05) is 37.3 Å². The van der Waals surface area contributed by atoms with Crippen LogP contribution in [-0.4, -0.2) is 21.0 Å². The smallest absolute Gasteiger partial charge is 0.305 e. The van der Waals surface area contributed by atoms with Crippen molar-refractivity contribution in [2.24, 2.45) is 5.73 Å². The zero-order valence-electron chi connectivity index (χ0n) is 10.9. The Kier molecular flexibility index (Phi) is 4.46. The normalized spacial score (nSPS) is 12.2. The summed E-state index contributed by atoms with van der Waals surface area (Å²) in [4.78, 5) is 19.3. The highest BCUT2D eigenvalue weighted by molar-refractivity contribution is 9.10. The van der Waals surface area contributed by atoms with Crippen molar-refractivity contribution in [3.05, 3.63) is 46.3 Å². The van der Waals surface area contributed by atoms with Crippen LogP contribution in [0.2, 0.25) is 0 Å². The number of nitrogens with zero attached hydrogens (tertiary/aromatic N) is 2. The molecule has 1 atom stereocenters. The first-order valence-corrected chi connectivity index (χ1v) is 6.84. The van der Waals surface area contributed by atoms with Crippen molar-refractivity contribution in [2.45, 2.75) is 19.4 Å². The van der Waals surface area contributed by atoms with E-state index in [1.54, 1.807) is 0 Å². The van der Waals surface area contributed by atoms with E-state index in [1.165, 1.54) is 0 Å². The van der Waals surface area contributed by atoms with Crippen molar-refractivity contribution in [3.8, 4) is 11.3 Å². The van der Waals surface area contributed by atoms with E-state index in [0.717, 1.165) is 21.4 Å². The van der Waals surface area contributed by atoms with Crippen molar-refractivity contribution in [2.75, 3.05) is 0 Å². The highest BCUT2D eigenvalue weighted by Crippen LogP contribution is 2.23. The molecule has 0 aliphatic carbocycles. The summed E-state index contributed by atoms with van der Waals surface area (Å²) < 4.78 is 0.947. The molecule has 0 amide bonds. The molecule has 5 nitrogen and oxygen atoms in total. The van der Waals surface area contributed by atoms with Gasteiger partial charge in [-0.1, -0.05) is 28.1 Å². The third kappa shape index (κ3) is 3.61. The van der Waals surface area contributed by atoms with Gasteiger partial charge in [0.15, 0.2) is 0 Å². The summed E-state index contributed by atoms with van der Waals surface area (Å²) in [7, 11) is 0. The van der Waals surface area contributed by atoms with E-state index in [0.29, 0.717) is 5.82 Å². The molecular formula is C14H14BrN3O2. The van der Waals surface area contributed by atoms with Crippen molar-refractivity contribution < 1.29 is 9.90 Å². The SMILES string of the molecule is Cc1cc(-c2cccc(Br)c2)nc(C(N)CC(=O)O)n1. The van der Waals surface area contributed by atoms with Gasteiger partial charge < -0.3 is 10.8 Å². The van der Waals surface area contributed by atoms with Gasteiger partial charge in [-0.15, -0.1) is 0 Å². The molecule has 2 aromatic rings. The number of rotatable bonds is 4. The average Bonchev–Trinajstić information content (AvgIpc) is 2.37. The van der Waals surface area contributed by atoms with Gasteiger partial charge in [-0.05, 0) is 25.1 Å². The van der Waals surface area contributed by atoms with E-state index in [2.05, 4.69) is 25.9 Å². The lowest BCUT2D eigenvalue weighted by atomic mass is 10.1. The van der Waals surface area contributed by atoms with E-state index in [4.69, 9.17) is 10.8 Å². The lowest BCUT2D eigenvalue weighted by Crippen LogP contribution is -2.18. The van der Waals surface area contributed by atoms with Gasteiger partial charge in [0.05, 0.1) is 18.2 Å². The van der Waals surface area contributed by atoms with Crippen LogP contribution in [0.1, 0.15) is 24.0 Å². The molecule has 1 aromatic heterocycles. The molecule has 2 rings (SSSR count). The number of aromatic nitrogens is 2. The summed E-state index contributed by atoms with van der Waals surface area (Å²) in [6, 6.07) is 8.84. The zero-order valence-corrected chi connectivity index (χ0v) is 12.5. The molecule has 1 unspecified atom stereocenters. The molecule has 6 heteroatoms. The number of nitrogens with two attached hydrogens (primary N) is 1. The maximum absolute atomic E-state index is 10.7. The molecule has 1 aromatic carbocycles. The van der Waals surface area contributed by atoms with Crippen LogP contribution in [0.25, 0.3) is 11.3 Å². The molecule has 0 fully saturated rings. The Balaban J connectivity index is 2.41. The molecule has 1 heterocycles. The molecule has 104 valence electrons. The molecule has 0 spiro atoms. The van der Waals surface area contributed by atoms with E-state index < -0.39 is 12.0 Å². The van der Waals surface area contributed by atoms with Crippen LogP contribution in [0.5, 0.6) is 0 Å². The number of hydrogen-bond acceptors (Lipinski definition) is 4. The summed E-state index contributed by atoms with van der Waals surface area (Å²) in [6.07, 6.45) is -0.193. The maximum Gasteiger partial charge on any atom is 0.305 e. The van der Waals surface area contributed by atoms with E-state index in [-0.39, 0.29) is 6.42 Å². The third-order valence-corrected chi connectivity index (χ3v) is 3.21. The summed E-state index contributed by atoms with van der Waals surface area (Å²) in [6.45, 7) is 1.83. The molecule has 0 bridgehead atoms. The van der Waals surface area contributed by atoms with E-state index >= 15 is 0 Å². The number of benzene rings is 1. The second-order valence-corrected chi connectivity index (χ2v) is 5.38. The zero-order chi connectivity index (χ0) is 14.7. The first-order chi connectivity index (χ1) is 9.45. The topological polar surface area (TPSA) is 89.1 Å². The van der Waals surface area contributed by atoms with Gasteiger partial charge in [0.25, 0.3) is 0 Å². The molecular weight excluding hydrogens is 322 g/mol. The van der Waals surface area contributed by atoms with Crippen LogP contribution in [0, 0.1) is 6.92 Å². The number of aryl methyl sites for hydroxylation is 1. The molecule has 0 saturated carbocycles. The predicted octanol–water partition coefficient (Wildman–Crippen LogP) is 2.69. The van der Waals surface area contributed by atoms with Gasteiger partial charge >= 0.3 is 5.97 Å². The second-order valence-electron chi connectivity index (χ2n) is 4.47. The van der Waals surface area contributed by atoms with E-state index in [9.17, 15) is 4.79 Å². The molecule has 3 N–H and O–H groups in total. The van der Waals surface area contributed by atoms with Gasteiger partial charge in [0.1, 0.15) is 5.82 Å². The minimum absolute atomic E-state index is 0.193. The number of hydrogen-bond donors (Lipinski definition) is 2. The fraction of sp³-hybridized carbons (Fsp3) is 0.214. The van der Waals surface area contributed by atoms with Crippen molar-refractivity contribution in [1.29, 1.82) is 0 Å². The Hall–Kier alpha value is -1.79. The fourth-order valence-corrected chi connectivity index (χ4v) is 2.23. The number of carboxylic acid groups (broad SMARTS) is 1. The van der Waals surface area contributed by atoms with Crippen LogP contribution in [0.4, 0.5) is 0 Å². The highest BCUT2D eigenvalue weighted by Gasteiger charge is 2.15. The molecule has 0 saturated heterocycles. The van der Waals surface area contributed by atoms with Crippen LogP contribution in [0.15, 0.2) is 34.8 Å². The lowest BCUT2D eigenvalue weighted by Gasteiger charge is -2.11. The Bertz CT molecular complexity index is 646. The number of carbonyl (C=O) groups is 1.